The topological polar surface area (TPSA) is 50.1 Å². The Labute approximate surface area is 127 Å². The Morgan fingerprint density at radius 1 is 1.40 bits per heavy atom. The Morgan fingerprint density at radius 3 is 2.75 bits per heavy atom. The summed E-state index contributed by atoms with van der Waals surface area (Å²) >= 11 is 3.41. The largest absolute Gasteiger partial charge is 0.387 e. The highest BCUT2D eigenvalue weighted by Gasteiger charge is 2.11. The Bertz CT molecular complexity index is 595. The van der Waals surface area contributed by atoms with Crippen LogP contribution in [0.25, 0.3) is 0 Å². The third kappa shape index (κ3) is 3.48. The van der Waals surface area contributed by atoms with Crippen molar-refractivity contribution in [2.75, 3.05) is 6.54 Å². The summed E-state index contributed by atoms with van der Waals surface area (Å²) in [6.07, 6.45) is -0.509. The molecule has 0 aliphatic heterocycles. The highest BCUT2D eigenvalue weighted by atomic mass is 79.9. The second-order valence-corrected chi connectivity index (χ2v) is 5.89. The lowest BCUT2D eigenvalue weighted by molar-refractivity contribution is 0.174. The first-order valence-electron chi connectivity index (χ1n) is 6.62. The predicted molar refractivity (Wildman–Crippen MR) is 83.5 cm³/mol. The van der Waals surface area contributed by atoms with E-state index >= 15 is 0 Å². The molecule has 0 aliphatic carbocycles. The van der Waals surface area contributed by atoms with Gasteiger partial charge in [-0.25, -0.2) is 0 Å². The van der Waals surface area contributed by atoms with Crippen molar-refractivity contribution in [1.29, 1.82) is 0 Å². The molecule has 1 atom stereocenters. The van der Waals surface area contributed by atoms with E-state index < -0.39 is 6.10 Å². The zero-order valence-corrected chi connectivity index (χ0v) is 13.6. The number of nitrogens with zero attached hydrogens (tertiary/aromatic N) is 2. The van der Waals surface area contributed by atoms with E-state index in [-0.39, 0.29) is 0 Å². The van der Waals surface area contributed by atoms with Gasteiger partial charge in [0.25, 0.3) is 0 Å². The van der Waals surface area contributed by atoms with Crippen LogP contribution in [0.4, 0.5) is 0 Å². The van der Waals surface area contributed by atoms with Gasteiger partial charge in [0.2, 0.25) is 0 Å². The molecule has 2 aromatic rings. The van der Waals surface area contributed by atoms with Gasteiger partial charge in [0.1, 0.15) is 0 Å². The van der Waals surface area contributed by atoms with Gasteiger partial charge in [-0.1, -0.05) is 28.1 Å². The molecule has 2 N–H and O–H groups in total. The average molecular weight is 338 g/mol. The fourth-order valence-corrected chi connectivity index (χ4v) is 2.66. The van der Waals surface area contributed by atoms with E-state index in [0.29, 0.717) is 6.54 Å². The molecule has 108 valence electrons. The molecule has 0 bridgehead atoms. The smallest absolute Gasteiger partial charge is 0.0914 e. The van der Waals surface area contributed by atoms with Crippen LogP contribution >= 0.6 is 15.9 Å². The number of hydrogen-bond acceptors (Lipinski definition) is 3. The number of benzene rings is 1. The van der Waals surface area contributed by atoms with E-state index in [1.807, 2.05) is 42.9 Å². The van der Waals surface area contributed by atoms with Gasteiger partial charge in [-0.2, -0.15) is 5.10 Å². The number of aryl methyl sites for hydroxylation is 2. The van der Waals surface area contributed by atoms with Crippen molar-refractivity contribution in [3.8, 4) is 0 Å². The van der Waals surface area contributed by atoms with Crippen molar-refractivity contribution in [1.82, 2.24) is 15.1 Å². The molecule has 1 aromatic heterocycles. The molecule has 1 unspecified atom stereocenters. The number of nitrogens with one attached hydrogen (secondary N) is 1. The van der Waals surface area contributed by atoms with E-state index in [0.717, 1.165) is 28.0 Å². The van der Waals surface area contributed by atoms with Gasteiger partial charge in [0, 0.05) is 35.9 Å². The van der Waals surface area contributed by atoms with Crippen LogP contribution in [-0.4, -0.2) is 21.4 Å². The average Bonchev–Trinajstić information content (AvgIpc) is 2.65. The lowest BCUT2D eigenvalue weighted by Crippen LogP contribution is -2.21. The monoisotopic (exact) mass is 337 g/mol. The highest BCUT2D eigenvalue weighted by molar-refractivity contribution is 9.10. The van der Waals surface area contributed by atoms with E-state index in [2.05, 4.69) is 33.3 Å². The number of hydrogen-bond donors (Lipinski definition) is 2. The van der Waals surface area contributed by atoms with E-state index in [1.165, 1.54) is 5.56 Å². The van der Waals surface area contributed by atoms with Crippen LogP contribution in [0.1, 0.15) is 28.6 Å². The highest BCUT2D eigenvalue weighted by Crippen LogP contribution is 2.18. The molecule has 0 amide bonds. The summed E-state index contributed by atoms with van der Waals surface area (Å²) in [6.45, 7) is 5.30. The second kappa shape index (κ2) is 6.52. The molecular weight excluding hydrogens is 318 g/mol. The van der Waals surface area contributed by atoms with Crippen molar-refractivity contribution >= 4 is 15.9 Å². The van der Waals surface area contributed by atoms with E-state index in [4.69, 9.17) is 0 Å². The summed E-state index contributed by atoms with van der Waals surface area (Å²) in [7, 11) is 1.95. The standard InChI is InChI=1S/C15H20BrN3O/c1-10-14(11(2)19(3)18-10)8-17-9-15(20)12-5-4-6-13(16)7-12/h4-7,15,17,20H,8-9H2,1-3H3. The zero-order valence-electron chi connectivity index (χ0n) is 12.0. The molecular formula is C15H20BrN3O. The van der Waals surface area contributed by atoms with Gasteiger partial charge in [-0.05, 0) is 31.5 Å². The summed E-state index contributed by atoms with van der Waals surface area (Å²) in [5.41, 5.74) is 4.31. The fourth-order valence-electron chi connectivity index (χ4n) is 2.24. The maximum atomic E-state index is 10.2. The van der Waals surface area contributed by atoms with Gasteiger partial charge in [-0.3, -0.25) is 4.68 Å². The molecule has 0 fully saturated rings. The minimum absolute atomic E-state index is 0.509. The van der Waals surface area contributed by atoms with Gasteiger partial charge in [0.05, 0.1) is 11.8 Å². The van der Waals surface area contributed by atoms with Crippen LogP contribution in [0.3, 0.4) is 0 Å². The third-order valence-electron chi connectivity index (χ3n) is 3.53. The third-order valence-corrected chi connectivity index (χ3v) is 4.03. The number of aliphatic hydroxyl groups is 1. The Balaban J connectivity index is 1.93. The van der Waals surface area contributed by atoms with Crippen molar-refractivity contribution in [3.05, 3.63) is 51.3 Å². The van der Waals surface area contributed by atoms with Crippen LogP contribution in [0.15, 0.2) is 28.7 Å². The first kappa shape index (κ1) is 15.2. The van der Waals surface area contributed by atoms with E-state index in [9.17, 15) is 5.11 Å². The fraction of sp³-hybridized carbons (Fsp3) is 0.400. The first-order chi connectivity index (χ1) is 9.49. The Morgan fingerprint density at radius 2 is 2.15 bits per heavy atom. The molecule has 1 aromatic carbocycles. The van der Waals surface area contributed by atoms with Gasteiger partial charge in [0.15, 0.2) is 0 Å². The van der Waals surface area contributed by atoms with Crippen molar-refractivity contribution < 1.29 is 5.11 Å². The maximum Gasteiger partial charge on any atom is 0.0914 e. The molecule has 1 heterocycles. The van der Waals surface area contributed by atoms with Crippen LogP contribution in [0.2, 0.25) is 0 Å². The molecule has 5 heteroatoms. The molecule has 0 saturated heterocycles. The zero-order chi connectivity index (χ0) is 14.7. The summed E-state index contributed by atoms with van der Waals surface area (Å²) in [6, 6.07) is 7.74. The molecule has 2 rings (SSSR count). The second-order valence-electron chi connectivity index (χ2n) is 4.97. The summed E-state index contributed by atoms with van der Waals surface area (Å²) in [4.78, 5) is 0. The quantitative estimate of drug-likeness (QED) is 0.881. The Kier molecular flexibility index (Phi) is 4.96. The molecule has 0 saturated carbocycles. The minimum Gasteiger partial charge on any atom is -0.387 e. The number of aliphatic hydroxyl groups excluding tert-OH is 1. The SMILES string of the molecule is Cc1nn(C)c(C)c1CNCC(O)c1cccc(Br)c1. The van der Waals surface area contributed by atoms with Gasteiger partial charge in [-0.15, -0.1) is 0 Å². The molecule has 0 spiro atoms. The minimum atomic E-state index is -0.509. The molecule has 0 radical (unpaired) electrons. The number of rotatable bonds is 5. The summed E-state index contributed by atoms with van der Waals surface area (Å²) in [5.74, 6) is 0. The van der Waals surface area contributed by atoms with Crippen molar-refractivity contribution in [2.45, 2.75) is 26.5 Å². The summed E-state index contributed by atoms with van der Waals surface area (Å²) < 4.78 is 2.87. The Hall–Kier alpha value is -1.17. The van der Waals surface area contributed by atoms with Gasteiger partial charge >= 0.3 is 0 Å². The van der Waals surface area contributed by atoms with Crippen molar-refractivity contribution in [3.63, 3.8) is 0 Å². The molecule has 4 nitrogen and oxygen atoms in total. The normalized spacial score (nSPS) is 12.7. The predicted octanol–water partition coefficient (Wildman–Crippen LogP) is 2.62. The van der Waals surface area contributed by atoms with Gasteiger partial charge < -0.3 is 10.4 Å². The van der Waals surface area contributed by atoms with Crippen LogP contribution in [-0.2, 0) is 13.6 Å². The first-order valence-corrected chi connectivity index (χ1v) is 7.41. The number of halogens is 1. The lowest BCUT2D eigenvalue weighted by Gasteiger charge is -2.13. The van der Waals surface area contributed by atoms with Crippen LogP contribution < -0.4 is 5.32 Å². The summed E-state index contributed by atoms with van der Waals surface area (Å²) in [5, 5.41) is 17.8. The maximum absolute atomic E-state index is 10.2. The van der Waals surface area contributed by atoms with Crippen molar-refractivity contribution in [2.24, 2.45) is 7.05 Å². The van der Waals surface area contributed by atoms with Crippen LogP contribution in [0, 0.1) is 13.8 Å². The molecule has 20 heavy (non-hydrogen) atoms. The number of aromatic nitrogens is 2. The molecule has 0 aliphatic rings. The van der Waals surface area contributed by atoms with Crippen LogP contribution in [0.5, 0.6) is 0 Å². The lowest BCUT2D eigenvalue weighted by atomic mass is 10.1. The van der Waals surface area contributed by atoms with E-state index in [1.54, 1.807) is 0 Å².